The van der Waals surface area contributed by atoms with Gasteiger partial charge in [-0.3, -0.25) is 0 Å². The molecule has 0 aromatic heterocycles. The molecule has 0 amide bonds. The molecule has 2 rings (SSSR count). The van der Waals surface area contributed by atoms with Crippen LogP contribution in [-0.4, -0.2) is 33.4 Å². The molecular weight excluding hydrogens is 262 g/mol. The van der Waals surface area contributed by atoms with Crippen molar-refractivity contribution in [1.82, 2.24) is 0 Å². The Morgan fingerprint density at radius 2 is 1.45 bits per heavy atom. The van der Waals surface area contributed by atoms with Crippen molar-refractivity contribution in [3.63, 3.8) is 0 Å². The quantitative estimate of drug-likeness (QED) is 0.538. The molecule has 106 valence electrons. The Bertz CT molecular complexity index is 560. The van der Waals surface area contributed by atoms with Crippen LogP contribution in [-0.2, 0) is 0 Å². The number of hydrogen-bond acceptors (Lipinski definition) is 5. The molecule has 0 unspecified atom stereocenters. The largest absolute Gasteiger partial charge is 0.508 e. The predicted octanol–water partition coefficient (Wildman–Crippen LogP) is 2.23. The fraction of sp³-hybridized carbons (Fsp3) is 0.0714. The highest BCUT2D eigenvalue weighted by Crippen LogP contribution is 2.20. The first kappa shape index (κ1) is 15.2. The summed E-state index contributed by atoms with van der Waals surface area (Å²) >= 11 is 0. The minimum absolute atomic E-state index is 0.0955. The molecule has 0 radical (unpaired) electrons. The van der Waals surface area contributed by atoms with Crippen LogP contribution in [0.15, 0.2) is 42.5 Å². The van der Waals surface area contributed by atoms with Crippen LogP contribution in [0.25, 0.3) is 0 Å². The monoisotopic (exact) mass is 277 g/mol. The van der Waals surface area contributed by atoms with Crippen LogP contribution >= 0.6 is 0 Å². The van der Waals surface area contributed by atoms with Crippen LogP contribution in [0.4, 0.5) is 5.69 Å². The lowest BCUT2D eigenvalue weighted by atomic mass is 10.2. The number of phenolic OH excluding ortho intramolecular Hbond substituents is 2. The molecule has 0 aliphatic carbocycles. The Labute approximate surface area is 115 Å². The zero-order valence-electron chi connectivity index (χ0n) is 10.7. The van der Waals surface area contributed by atoms with E-state index in [0.717, 1.165) is 0 Å². The molecule has 2 aromatic carbocycles. The minimum atomic E-state index is -1.13. The molecule has 0 aliphatic heterocycles. The number of aromatic carboxylic acids is 1. The van der Waals surface area contributed by atoms with Gasteiger partial charge >= 0.3 is 5.97 Å². The summed E-state index contributed by atoms with van der Waals surface area (Å²) in [6, 6.07) is 10.0. The summed E-state index contributed by atoms with van der Waals surface area (Å²) in [6.07, 6.45) is 0. The summed E-state index contributed by atoms with van der Waals surface area (Å²) in [7, 11) is 1.68. The summed E-state index contributed by atoms with van der Waals surface area (Å²) in [4.78, 5) is 10.5. The van der Waals surface area contributed by atoms with E-state index in [1.165, 1.54) is 36.4 Å². The smallest absolute Gasteiger partial charge is 0.339 e. The number of anilines is 1. The maximum Gasteiger partial charge on any atom is 0.339 e. The van der Waals surface area contributed by atoms with E-state index in [0.29, 0.717) is 5.69 Å². The molecule has 6 nitrogen and oxygen atoms in total. The Hall–Kier alpha value is -2.89. The second kappa shape index (κ2) is 6.89. The maximum absolute atomic E-state index is 10.5. The van der Waals surface area contributed by atoms with E-state index >= 15 is 0 Å². The number of phenols is 3. The van der Waals surface area contributed by atoms with Crippen LogP contribution in [0.5, 0.6) is 17.2 Å². The third kappa shape index (κ3) is 4.41. The van der Waals surface area contributed by atoms with Crippen molar-refractivity contribution in [1.29, 1.82) is 0 Å². The summed E-state index contributed by atoms with van der Waals surface area (Å²) < 4.78 is 0. The van der Waals surface area contributed by atoms with Crippen molar-refractivity contribution >= 4 is 11.7 Å². The Balaban J connectivity index is 0.000000217. The molecule has 0 heterocycles. The SMILES string of the molecule is CNc1ccc(O)c(C(=O)O)c1.Oc1ccc(O)cc1. The molecule has 20 heavy (non-hydrogen) atoms. The Morgan fingerprint density at radius 1 is 0.950 bits per heavy atom. The highest BCUT2D eigenvalue weighted by molar-refractivity contribution is 5.91. The maximum atomic E-state index is 10.5. The highest BCUT2D eigenvalue weighted by Gasteiger charge is 2.08. The van der Waals surface area contributed by atoms with Gasteiger partial charge in [-0.1, -0.05) is 0 Å². The van der Waals surface area contributed by atoms with Gasteiger partial charge in [-0.2, -0.15) is 0 Å². The second-order valence-electron chi connectivity index (χ2n) is 3.80. The number of hydrogen-bond donors (Lipinski definition) is 5. The average molecular weight is 277 g/mol. The number of rotatable bonds is 2. The van der Waals surface area contributed by atoms with Gasteiger partial charge in [-0.15, -0.1) is 0 Å². The van der Waals surface area contributed by atoms with Gasteiger partial charge in [0.1, 0.15) is 22.8 Å². The minimum Gasteiger partial charge on any atom is -0.508 e. The standard InChI is InChI=1S/C8H9NO3.C6H6O2/c1-9-5-2-3-7(10)6(4-5)8(11)12;7-5-1-2-6(8)4-3-5/h2-4,9-10H,1H3,(H,11,12);1-4,7-8H. The van der Waals surface area contributed by atoms with Crippen LogP contribution in [0.2, 0.25) is 0 Å². The normalized spacial score (nSPS) is 9.25. The molecule has 5 N–H and O–H groups in total. The number of aromatic hydroxyl groups is 3. The summed E-state index contributed by atoms with van der Waals surface area (Å²) in [5, 5.41) is 37.8. The van der Waals surface area contributed by atoms with E-state index < -0.39 is 5.97 Å². The molecule has 0 spiro atoms. The first-order chi connectivity index (χ1) is 9.43. The van der Waals surface area contributed by atoms with Crippen molar-refractivity contribution in [2.75, 3.05) is 12.4 Å². The van der Waals surface area contributed by atoms with Gasteiger partial charge in [0, 0.05) is 12.7 Å². The molecule has 0 saturated heterocycles. The number of nitrogens with one attached hydrogen (secondary N) is 1. The number of carboxylic acids is 1. The first-order valence-corrected chi connectivity index (χ1v) is 5.66. The van der Waals surface area contributed by atoms with Crippen molar-refractivity contribution in [3.8, 4) is 17.2 Å². The molecule has 0 aliphatic rings. The second-order valence-corrected chi connectivity index (χ2v) is 3.80. The topological polar surface area (TPSA) is 110 Å². The van der Waals surface area contributed by atoms with Gasteiger partial charge in [-0.25, -0.2) is 4.79 Å². The molecule has 0 bridgehead atoms. The molecular formula is C14H15NO5. The van der Waals surface area contributed by atoms with Gasteiger partial charge < -0.3 is 25.7 Å². The van der Waals surface area contributed by atoms with Gasteiger partial charge in [0.2, 0.25) is 0 Å². The Kier molecular flexibility index (Phi) is 5.22. The van der Waals surface area contributed by atoms with E-state index in [4.69, 9.17) is 20.4 Å². The van der Waals surface area contributed by atoms with Crippen molar-refractivity contribution in [3.05, 3.63) is 48.0 Å². The van der Waals surface area contributed by atoms with Gasteiger partial charge in [0.15, 0.2) is 0 Å². The van der Waals surface area contributed by atoms with E-state index in [9.17, 15) is 4.79 Å². The molecule has 2 aromatic rings. The van der Waals surface area contributed by atoms with Crippen molar-refractivity contribution in [2.24, 2.45) is 0 Å². The van der Waals surface area contributed by atoms with E-state index in [2.05, 4.69) is 5.32 Å². The first-order valence-electron chi connectivity index (χ1n) is 5.66. The third-order valence-corrected chi connectivity index (χ3v) is 2.37. The number of benzene rings is 2. The van der Waals surface area contributed by atoms with Crippen molar-refractivity contribution < 1.29 is 25.2 Å². The third-order valence-electron chi connectivity index (χ3n) is 2.37. The lowest BCUT2D eigenvalue weighted by Crippen LogP contribution is -1.98. The highest BCUT2D eigenvalue weighted by atomic mass is 16.4. The molecule has 0 fully saturated rings. The van der Waals surface area contributed by atoms with Crippen molar-refractivity contribution in [2.45, 2.75) is 0 Å². The van der Waals surface area contributed by atoms with Crippen LogP contribution in [0, 0.1) is 0 Å². The lowest BCUT2D eigenvalue weighted by Gasteiger charge is -2.02. The summed E-state index contributed by atoms with van der Waals surface area (Å²) in [5.74, 6) is -1.02. The van der Waals surface area contributed by atoms with Crippen LogP contribution in [0.1, 0.15) is 10.4 Å². The van der Waals surface area contributed by atoms with E-state index in [1.807, 2.05) is 0 Å². The average Bonchev–Trinajstić information content (AvgIpc) is 2.43. The van der Waals surface area contributed by atoms with Crippen LogP contribution < -0.4 is 5.32 Å². The zero-order chi connectivity index (χ0) is 15.1. The lowest BCUT2D eigenvalue weighted by molar-refractivity contribution is 0.0694. The fourth-order valence-corrected chi connectivity index (χ4v) is 1.32. The number of carboxylic acid groups (broad SMARTS) is 1. The van der Waals surface area contributed by atoms with Gasteiger partial charge in [0.25, 0.3) is 0 Å². The number of carbonyl (C=O) groups is 1. The van der Waals surface area contributed by atoms with Gasteiger partial charge in [0.05, 0.1) is 0 Å². The zero-order valence-corrected chi connectivity index (χ0v) is 10.7. The van der Waals surface area contributed by atoms with Crippen LogP contribution in [0.3, 0.4) is 0 Å². The van der Waals surface area contributed by atoms with E-state index in [-0.39, 0.29) is 22.8 Å². The Morgan fingerprint density at radius 3 is 1.85 bits per heavy atom. The fourth-order valence-electron chi connectivity index (χ4n) is 1.32. The summed E-state index contributed by atoms with van der Waals surface area (Å²) in [6.45, 7) is 0. The molecule has 0 atom stereocenters. The molecule has 6 heteroatoms. The van der Waals surface area contributed by atoms with Gasteiger partial charge in [-0.05, 0) is 42.5 Å². The predicted molar refractivity (Wildman–Crippen MR) is 74.4 cm³/mol. The molecule has 0 saturated carbocycles. The van der Waals surface area contributed by atoms with E-state index in [1.54, 1.807) is 13.1 Å². The summed E-state index contributed by atoms with van der Waals surface area (Å²) in [5.41, 5.74) is 0.562.